The van der Waals surface area contributed by atoms with Crippen molar-refractivity contribution in [3.8, 4) is 0 Å². The molecule has 23 heavy (non-hydrogen) atoms. The smallest absolute Gasteiger partial charge is 0.326 e. The number of carbonyl (C=O) groups excluding carboxylic acids is 1. The van der Waals surface area contributed by atoms with Crippen molar-refractivity contribution in [3.63, 3.8) is 0 Å². The van der Waals surface area contributed by atoms with Crippen LogP contribution in [0.5, 0.6) is 0 Å². The van der Waals surface area contributed by atoms with Crippen molar-refractivity contribution in [2.45, 2.75) is 70.8 Å². The van der Waals surface area contributed by atoms with Crippen molar-refractivity contribution in [2.24, 2.45) is 11.8 Å². The zero-order valence-electron chi connectivity index (χ0n) is 14.1. The molecule has 0 radical (unpaired) electrons. The minimum atomic E-state index is -0.914. The maximum atomic E-state index is 12.5. The number of carbonyl (C=O) groups is 2. The molecule has 2 rings (SSSR count). The van der Waals surface area contributed by atoms with Crippen LogP contribution in [-0.2, 0) is 9.59 Å². The molecule has 0 heterocycles. The summed E-state index contributed by atoms with van der Waals surface area (Å²) in [6.07, 6.45) is 14.8. The van der Waals surface area contributed by atoms with Crippen LogP contribution in [-0.4, -0.2) is 23.0 Å². The number of allylic oxidation sites excluding steroid dienone is 4. The Hall–Kier alpha value is -1.58. The molecule has 1 fully saturated rings. The summed E-state index contributed by atoms with van der Waals surface area (Å²) in [6, 6.07) is -0.739. The highest BCUT2D eigenvalue weighted by Gasteiger charge is 2.31. The molecule has 3 unspecified atom stereocenters. The number of fused-ring (bicyclic) bond motifs is 1. The van der Waals surface area contributed by atoms with E-state index in [0.717, 1.165) is 51.4 Å². The summed E-state index contributed by atoms with van der Waals surface area (Å²) >= 11 is 0. The Labute approximate surface area is 139 Å². The van der Waals surface area contributed by atoms with Gasteiger partial charge in [-0.3, -0.25) is 4.79 Å². The summed E-state index contributed by atoms with van der Waals surface area (Å²) in [5, 5.41) is 12.1. The predicted molar refractivity (Wildman–Crippen MR) is 91.0 cm³/mol. The average Bonchev–Trinajstić information content (AvgIpc) is 2.56. The van der Waals surface area contributed by atoms with Gasteiger partial charge < -0.3 is 10.4 Å². The van der Waals surface area contributed by atoms with Gasteiger partial charge in [0.05, 0.1) is 0 Å². The van der Waals surface area contributed by atoms with Gasteiger partial charge in [0.1, 0.15) is 6.04 Å². The highest BCUT2D eigenvalue weighted by atomic mass is 16.4. The van der Waals surface area contributed by atoms with Gasteiger partial charge in [-0.2, -0.15) is 0 Å². The van der Waals surface area contributed by atoms with Crippen LogP contribution in [0.4, 0.5) is 0 Å². The fourth-order valence-electron chi connectivity index (χ4n) is 3.59. The Bertz CT molecular complexity index is 481. The van der Waals surface area contributed by atoms with Gasteiger partial charge in [-0.25, -0.2) is 4.79 Å². The van der Waals surface area contributed by atoms with E-state index in [1.165, 1.54) is 5.57 Å². The number of carboxylic acids is 1. The van der Waals surface area contributed by atoms with E-state index in [1.54, 1.807) is 0 Å². The first-order valence-electron chi connectivity index (χ1n) is 9.00. The van der Waals surface area contributed by atoms with Gasteiger partial charge in [0.2, 0.25) is 5.91 Å². The molecule has 4 heteroatoms. The van der Waals surface area contributed by atoms with Crippen molar-refractivity contribution in [3.05, 3.63) is 23.8 Å². The zero-order chi connectivity index (χ0) is 16.7. The van der Waals surface area contributed by atoms with Crippen LogP contribution >= 0.6 is 0 Å². The van der Waals surface area contributed by atoms with E-state index in [-0.39, 0.29) is 11.8 Å². The first kappa shape index (κ1) is 17.8. The van der Waals surface area contributed by atoms with Gasteiger partial charge in [-0.1, -0.05) is 56.4 Å². The molecule has 0 aromatic rings. The summed E-state index contributed by atoms with van der Waals surface area (Å²) in [6.45, 7) is 2.13. The monoisotopic (exact) mass is 319 g/mol. The van der Waals surface area contributed by atoms with E-state index < -0.39 is 12.0 Å². The average molecular weight is 319 g/mol. The van der Waals surface area contributed by atoms with E-state index in [9.17, 15) is 14.7 Å². The first-order chi connectivity index (χ1) is 11.1. The lowest BCUT2D eigenvalue weighted by Gasteiger charge is -2.32. The van der Waals surface area contributed by atoms with Gasteiger partial charge in [0.15, 0.2) is 0 Å². The molecule has 3 atom stereocenters. The normalized spacial score (nSPS) is 24.5. The maximum absolute atomic E-state index is 12.5. The Kier molecular flexibility index (Phi) is 6.87. The van der Waals surface area contributed by atoms with Crippen LogP contribution < -0.4 is 5.32 Å². The largest absolute Gasteiger partial charge is 0.480 e. The molecule has 2 aliphatic rings. The molecule has 128 valence electrons. The quantitative estimate of drug-likeness (QED) is 0.668. The molecule has 0 aromatic carbocycles. The van der Waals surface area contributed by atoms with Gasteiger partial charge in [-0.15, -0.1) is 0 Å². The summed E-state index contributed by atoms with van der Waals surface area (Å²) < 4.78 is 0. The van der Waals surface area contributed by atoms with Crippen LogP contribution in [0.2, 0.25) is 0 Å². The van der Waals surface area contributed by atoms with Crippen molar-refractivity contribution in [1.29, 1.82) is 0 Å². The fraction of sp³-hybridized carbons (Fsp3) is 0.684. The second kappa shape index (κ2) is 8.90. The van der Waals surface area contributed by atoms with Gasteiger partial charge in [0.25, 0.3) is 0 Å². The molecular formula is C19H29NO3. The number of hydrogen-bond donors (Lipinski definition) is 2. The third-order valence-electron chi connectivity index (χ3n) is 5.07. The molecule has 1 amide bonds. The summed E-state index contributed by atoms with van der Waals surface area (Å²) in [4.78, 5) is 23.8. The maximum Gasteiger partial charge on any atom is 0.326 e. The van der Waals surface area contributed by atoms with Crippen LogP contribution in [0.3, 0.4) is 0 Å². The molecular weight excluding hydrogens is 290 g/mol. The van der Waals surface area contributed by atoms with Crippen molar-refractivity contribution in [1.82, 2.24) is 5.32 Å². The summed E-state index contributed by atoms with van der Waals surface area (Å²) in [5.74, 6) is -0.472. The summed E-state index contributed by atoms with van der Waals surface area (Å²) in [7, 11) is 0. The third-order valence-corrected chi connectivity index (χ3v) is 5.07. The second-order valence-corrected chi connectivity index (χ2v) is 6.83. The number of rotatable bonds is 8. The van der Waals surface area contributed by atoms with Crippen molar-refractivity contribution >= 4 is 11.9 Å². The zero-order valence-corrected chi connectivity index (χ0v) is 14.1. The molecule has 0 aliphatic heterocycles. The van der Waals surface area contributed by atoms with Gasteiger partial charge in [-0.05, 0) is 38.0 Å². The molecule has 0 bridgehead atoms. The number of aliphatic carboxylic acids is 1. The highest BCUT2D eigenvalue weighted by Crippen LogP contribution is 2.37. The predicted octanol–water partition coefficient (Wildman–Crippen LogP) is 3.83. The number of carboxylic acid groups (broad SMARTS) is 1. The Morgan fingerprint density at radius 2 is 2.13 bits per heavy atom. The highest BCUT2D eigenvalue weighted by molar-refractivity contribution is 5.85. The minimum absolute atomic E-state index is 0.0681. The molecule has 0 saturated heterocycles. The number of nitrogens with one attached hydrogen (secondary N) is 1. The van der Waals surface area contributed by atoms with Crippen molar-refractivity contribution < 1.29 is 14.7 Å². The fourth-order valence-corrected chi connectivity index (χ4v) is 3.59. The van der Waals surface area contributed by atoms with E-state index in [1.807, 2.05) is 0 Å². The number of hydrogen-bond acceptors (Lipinski definition) is 2. The van der Waals surface area contributed by atoms with E-state index in [2.05, 4.69) is 30.5 Å². The van der Waals surface area contributed by atoms with E-state index >= 15 is 0 Å². The van der Waals surface area contributed by atoms with Crippen LogP contribution in [0.25, 0.3) is 0 Å². The van der Waals surface area contributed by atoms with E-state index in [0.29, 0.717) is 12.3 Å². The first-order valence-corrected chi connectivity index (χ1v) is 9.00. The minimum Gasteiger partial charge on any atom is -0.480 e. The molecule has 0 aromatic heterocycles. The van der Waals surface area contributed by atoms with Crippen LogP contribution in [0.1, 0.15) is 64.7 Å². The van der Waals surface area contributed by atoms with Crippen LogP contribution in [0.15, 0.2) is 23.8 Å². The molecule has 2 N–H and O–H groups in total. The molecule has 1 saturated carbocycles. The number of unbranched alkanes of at least 4 members (excludes halogenated alkanes) is 3. The van der Waals surface area contributed by atoms with Gasteiger partial charge in [0, 0.05) is 5.92 Å². The lowest BCUT2D eigenvalue weighted by molar-refractivity contribution is -0.142. The lowest BCUT2D eigenvalue weighted by atomic mass is 9.74. The van der Waals surface area contributed by atoms with Crippen molar-refractivity contribution in [2.75, 3.05) is 0 Å². The Morgan fingerprint density at radius 3 is 2.87 bits per heavy atom. The third kappa shape index (κ3) is 5.22. The van der Waals surface area contributed by atoms with Crippen LogP contribution in [0, 0.1) is 11.8 Å². The SMILES string of the molecule is CCCCCCC(NC(=O)C1CCC2CC=CC=C2C1)C(=O)O. The molecule has 4 nitrogen and oxygen atoms in total. The molecule has 2 aliphatic carbocycles. The molecule has 0 spiro atoms. The Balaban J connectivity index is 1.84. The van der Waals surface area contributed by atoms with Gasteiger partial charge >= 0.3 is 5.97 Å². The second-order valence-electron chi connectivity index (χ2n) is 6.83. The Morgan fingerprint density at radius 1 is 1.30 bits per heavy atom. The topological polar surface area (TPSA) is 66.4 Å². The lowest BCUT2D eigenvalue weighted by Crippen LogP contribution is -2.44. The summed E-state index contributed by atoms with van der Waals surface area (Å²) in [5.41, 5.74) is 1.36. The van der Waals surface area contributed by atoms with E-state index in [4.69, 9.17) is 0 Å². The standard InChI is InChI=1S/C19H29NO3/c1-2-3-4-5-10-17(19(22)23)20-18(21)16-12-11-14-8-6-7-9-15(14)13-16/h6-7,9,14,16-17H,2-5,8,10-13H2,1H3,(H,20,21)(H,22,23). The number of amides is 1.